The summed E-state index contributed by atoms with van der Waals surface area (Å²) in [7, 11) is 0. The van der Waals surface area contributed by atoms with Crippen LogP contribution >= 0.6 is 11.3 Å². The summed E-state index contributed by atoms with van der Waals surface area (Å²) in [5.74, 6) is 0.957. The zero-order chi connectivity index (χ0) is 23.4. The molecule has 0 aliphatic rings. The van der Waals surface area contributed by atoms with Crippen molar-refractivity contribution in [3.8, 4) is 27.6 Å². The second-order valence-electron chi connectivity index (χ2n) is 8.34. The summed E-state index contributed by atoms with van der Waals surface area (Å²) in [5.41, 5.74) is 5.08. The number of thiazole rings is 1. The normalized spacial score (nSPS) is 11.9. The molecule has 0 fully saturated rings. The van der Waals surface area contributed by atoms with Gasteiger partial charge in [-0.2, -0.15) is 0 Å². The molecule has 1 heterocycles. The molecule has 3 aromatic carbocycles. The first kappa shape index (κ1) is 22.7. The average Bonchev–Trinajstić information content (AvgIpc) is 3.22. The molecule has 5 heteroatoms. The van der Waals surface area contributed by atoms with E-state index in [0.29, 0.717) is 11.7 Å². The predicted octanol–water partition coefficient (Wildman–Crippen LogP) is 7.31. The van der Waals surface area contributed by atoms with E-state index in [2.05, 4.69) is 38.2 Å². The Morgan fingerprint density at radius 1 is 0.879 bits per heavy atom. The zero-order valence-electron chi connectivity index (χ0n) is 19.3. The summed E-state index contributed by atoms with van der Waals surface area (Å²) in [6, 6.07) is 25.9. The molecule has 1 amide bonds. The van der Waals surface area contributed by atoms with Crippen LogP contribution in [-0.2, 0) is 4.79 Å². The summed E-state index contributed by atoms with van der Waals surface area (Å²) >= 11 is 1.69. The maximum atomic E-state index is 12.6. The van der Waals surface area contributed by atoms with Gasteiger partial charge in [0.1, 0.15) is 10.8 Å². The van der Waals surface area contributed by atoms with Crippen LogP contribution in [0.25, 0.3) is 21.8 Å². The molecule has 1 atom stereocenters. The van der Waals surface area contributed by atoms with Crippen LogP contribution in [0.2, 0.25) is 0 Å². The molecule has 4 rings (SSSR count). The van der Waals surface area contributed by atoms with Gasteiger partial charge in [-0.15, -0.1) is 11.3 Å². The maximum Gasteiger partial charge on any atom is 0.265 e. The van der Waals surface area contributed by atoms with Crippen molar-refractivity contribution < 1.29 is 9.53 Å². The largest absolute Gasteiger partial charge is 0.481 e. The van der Waals surface area contributed by atoms with Crippen molar-refractivity contribution in [1.29, 1.82) is 0 Å². The Labute approximate surface area is 199 Å². The second-order valence-corrected chi connectivity index (χ2v) is 9.54. The number of aromatic nitrogens is 1. The van der Waals surface area contributed by atoms with Crippen LogP contribution in [0.3, 0.4) is 0 Å². The van der Waals surface area contributed by atoms with E-state index in [1.54, 1.807) is 18.3 Å². The molecule has 0 aliphatic carbocycles. The van der Waals surface area contributed by atoms with Crippen molar-refractivity contribution in [2.24, 2.45) is 0 Å². The second kappa shape index (κ2) is 10.0. The first-order valence-electron chi connectivity index (χ1n) is 11.1. The zero-order valence-corrected chi connectivity index (χ0v) is 20.1. The van der Waals surface area contributed by atoms with Crippen LogP contribution in [0.5, 0.6) is 5.75 Å². The minimum absolute atomic E-state index is 0.188. The van der Waals surface area contributed by atoms with E-state index in [1.165, 1.54) is 5.56 Å². The molecule has 1 aromatic heterocycles. The van der Waals surface area contributed by atoms with Gasteiger partial charge in [0, 0.05) is 21.7 Å². The molecule has 0 radical (unpaired) electrons. The molecule has 0 saturated heterocycles. The molecule has 0 bridgehead atoms. The quantitative estimate of drug-likeness (QED) is 0.317. The lowest BCUT2D eigenvalue weighted by Crippen LogP contribution is -2.30. The SMILES string of the molecule is Cc1sc(-c2ccccc2)nc1-c1ccc(NC(=O)C(C)Oc2ccc(C(C)C)cc2)cc1. The van der Waals surface area contributed by atoms with E-state index in [1.807, 2.05) is 66.7 Å². The molecule has 0 spiro atoms. The van der Waals surface area contributed by atoms with Gasteiger partial charge in [-0.25, -0.2) is 4.98 Å². The average molecular weight is 457 g/mol. The third-order valence-electron chi connectivity index (χ3n) is 5.47. The van der Waals surface area contributed by atoms with Gasteiger partial charge in [0.15, 0.2) is 6.10 Å². The van der Waals surface area contributed by atoms with Crippen molar-refractivity contribution in [2.75, 3.05) is 5.32 Å². The van der Waals surface area contributed by atoms with Crippen LogP contribution in [0.15, 0.2) is 78.9 Å². The van der Waals surface area contributed by atoms with Crippen LogP contribution in [0.1, 0.15) is 37.1 Å². The highest BCUT2D eigenvalue weighted by atomic mass is 32.1. The minimum Gasteiger partial charge on any atom is -0.481 e. The van der Waals surface area contributed by atoms with Crippen molar-refractivity contribution in [3.05, 3.63) is 89.3 Å². The monoisotopic (exact) mass is 456 g/mol. The number of nitrogens with zero attached hydrogens (tertiary/aromatic N) is 1. The third-order valence-corrected chi connectivity index (χ3v) is 6.49. The number of rotatable bonds is 7. The molecule has 168 valence electrons. The first-order chi connectivity index (χ1) is 15.9. The summed E-state index contributed by atoms with van der Waals surface area (Å²) in [6.07, 6.45) is -0.608. The highest BCUT2D eigenvalue weighted by Crippen LogP contribution is 2.33. The molecular formula is C28H28N2O2S. The van der Waals surface area contributed by atoms with Crippen molar-refractivity contribution >= 4 is 22.9 Å². The van der Waals surface area contributed by atoms with Gasteiger partial charge in [0.25, 0.3) is 5.91 Å². The Hall–Kier alpha value is -3.44. The number of carbonyl (C=O) groups is 1. The molecule has 4 nitrogen and oxygen atoms in total. The van der Waals surface area contributed by atoms with Gasteiger partial charge in [-0.1, -0.05) is 68.4 Å². The number of nitrogens with one attached hydrogen (secondary N) is 1. The molecule has 0 aliphatic heterocycles. The van der Waals surface area contributed by atoms with E-state index < -0.39 is 6.10 Å². The van der Waals surface area contributed by atoms with Crippen LogP contribution < -0.4 is 10.1 Å². The lowest BCUT2D eigenvalue weighted by Gasteiger charge is -2.15. The highest BCUT2D eigenvalue weighted by molar-refractivity contribution is 7.15. The molecule has 1 unspecified atom stereocenters. The number of carbonyl (C=O) groups excluding carboxylic acids is 1. The Morgan fingerprint density at radius 3 is 2.18 bits per heavy atom. The van der Waals surface area contributed by atoms with Gasteiger partial charge >= 0.3 is 0 Å². The van der Waals surface area contributed by atoms with E-state index in [4.69, 9.17) is 9.72 Å². The predicted molar refractivity (Wildman–Crippen MR) is 137 cm³/mol. The summed E-state index contributed by atoms with van der Waals surface area (Å²) < 4.78 is 5.82. The van der Waals surface area contributed by atoms with E-state index in [9.17, 15) is 4.79 Å². The van der Waals surface area contributed by atoms with Gasteiger partial charge in [0.2, 0.25) is 0 Å². The molecule has 4 aromatic rings. The van der Waals surface area contributed by atoms with Crippen molar-refractivity contribution in [3.63, 3.8) is 0 Å². The summed E-state index contributed by atoms with van der Waals surface area (Å²) in [6.45, 7) is 8.13. The molecule has 0 saturated carbocycles. The van der Waals surface area contributed by atoms with Crippen LogP contribution in [0, 0.1) is 6.92 Å². The third kappa shape index (κ3) is 5.49. The fourth-order valence-electron chi connectivity index (χ4n) is 3.51. The number of anilines is 1. The van der Waals surface area contributed by atoms with Crippen molar-refractivity contribution in [2.45, 2.75) is 39.7 Å². The standard InChI is InChI=1S/C28H28N2O2S/c1-18(2)21-12-16-25(17-13-21)32-19(3)27(31)29-24-14-10-22(11-15-24)26-20(4)33-28(30-26)23-8-6-5-7-9-23/h5-19H,1-4H3,(H,29,31). The molecule has 1 N–H and O–H groups in total. The number of hydrogen-bond donors (Lipinski definition) is 1. The Bertz CT molecular complexity index is 1210. The number of aryl methyl sites for hydroxylation is 1. The lowest BCUT2D eigenvalue weighted by molar-refractivity contribution is -0.122. The number of ether oxygens (including phenoxy) is 1. The van der Waals surface area contributed by atoms with Gasteiger partial charge < -0.3 is 10.1 Å². The fourth-order valence-corrected chi connectivity index (χ4v) is 4.45. The number of hydrogen-bond acceptors (Lipinski definition) is 4. The topological polar surface area (TPSA) is 51.2 Å². The van der Waals surface area contributed by atoms with Gasteiger partial charge in [-0.3, -0.25) is 4.79 Å². The first-order valence-corrected chi connectivity index (χ1v) is 11.9. The smallest absolute Gasteiger partial charge is 0.265 e. The summed E-state index contributed by atoms with van der Waals surface area (Å²) in [4.78, 5) is 18.6. The molecule has 33 heavy (non-hydrogen) atoms. The molecular weight excluding hydrogens is 428 g/mol. The lowest BCUT2D eigenvalue weighted by atomic mass is 10.0. The highest BCUT2D eigenvalue weighted by Gasteiger charge is 2.16. The Balaban J connectivity index is 1.40. The van der Waals surface area contributed by atoms with E-state index in [-0.39, 0.29) is 5.91 Å². The minimum atomic E-state index is -0.608. The Kier molecular flexibility index (Phi) is 6.90. The van der Waals surface area contributed by atoms with E-state index >= 15 is 0 Å². The number of amides is 1. The van der Waals surface area contributed by atoms with Crippen LogP contribution in [0.4, 0.5) is 5.69 Å². The Morgan fingerprint density at radius 2 is 1.55 bits per heavy atom. The van der Waals surface area contributed by atoms with Gasteiger partial charge in [0.05, 0.1) is 5.69 Å². The summed E-state index contributed by atoms with van der Waals surface area (Å²) in [5, 5.41) is 3.94. The number of benzene rings is 3. The maximum absolute atomic E-state index is 12.6. The van der Waals surface area contributed by atoms with Crippen molar-refractivity contribution in [1.82, 2.24) is 4.98 Å². The van der Waals surface area contributed by atoms with E-state index in [0.717, 1.165) is 32.4 Å². The fraction of sp³-hybridized carbons (Fsp3) is 0.214. The van der Waals surface area contributed by atoms with Crippen LogP contribution in [-0.4, -0.2) is 17.0 Å². The van der Waals surface area contributed by atoms with Gasteiger partial charge in [-0.05, 0) is 49.6 Å².